The summed E-state index contributed by atoms with van der Waals surface area (Å²) in [6.45, 7) is 2.86. The van der Waals surface area contributed by atoms with Crippen LogP contribution in [0.2, 0.25) is 0 Å². The third-order valence-corrected chi connectivity index (χ3v) is 2.98. The van der Waals surface area contributed by atoms with Crippen molar-refractivity contribution in [2.24, 2.45) is 0 Å². The second-order valence-electron chi connectivity index (χ2n) is 3.01. The molecule has 0 saturated heterocycles. The van der Waals surface area contributed by atoms with Gasteiger partial charge < -0.3 is 4.74 Å². The van der Waals surface area contributed by atoms with Crippen molar-refractivity contribution < 1.29 is 4.74 Å². The predicted molar refractivity (Wildman–Crippen MR) is 55.3 cm³/mol. The van der Waals surface area contributed by atoms with E-state index in [2.05, 4.69) is 40.6 Å². The number of hydrogen-bond donors (Lipinski definition) is 0. The van der Waals surface area contributed by atoms with Gasteiger partial charge in [0.2, 0.25) is 0 Å². The lowest BCUT2D eigenvalue weighted by atomic mass is 10.0. The zero-order chi connectivity index (χ0) is 8.60. The molecule has 2 heterocycles. The van der Waals surface area contributed by atoms with Crippen LogP contribution in [-0.2, 0) is 14.8 Å². The first kappa shape index (κ1) is 8.44. The summed E-state index contributed by atoms with van der Waals surface area (Å²) in [4.78, 5) is 4.33. The molecule has 0 bridgehead atoms. The highest BCUT2D eigenvalue weighted by Crippen LogP contribution is 2.37. The number of hydrogen-bond acceptors (Lipinski definition) is 2. The van der Waals surface area contributed by atoms with Crippen LogP contribution >= 0.6 is 22.6 Å². The van der Waals surface area contributed by atoms with E-state index < -0.39 is 0 Å². The summed E-state index contributed by atoms with van der Waals surface area (Å²) in [5.74, 6) is 0. The molecule has 1 aromatic rings. The molecular weight excluding hydrogens is 265 g/mol. The van der Waals surface area contributed by atoms with Crippen molar-refractivity contribution in [1.29, 1.82) is 0 Å². The number of rotatable bonds is 0. The monoisotopic (exact) mass is 275 g/mol. The molecule has 2 rings (SSSR count). The summed E-state index contributed by atoms with van der Waals surface area (Å²) in [7, 11) is 0. The van der Waals surface area contributed by atoms with Gasteiger partial charge in [0.05, 0.1) is 6.61 Å². The molecule has 0 radical (unpaired) electrons. The highest BCUT2D eigenvalue weighted by atomic mass is 127. The van der Waals surface area contributed by atoms with E-state index in [9.17, 15) is 0 Å². The third kappa shape index (κ3) is 1.35. The molecule has 1 aromatic heterocycles. The summed E-state index contributed by atoms with van der Waals surface area (Å²) in [5, 5.41) is 0. The first-order valence-corrected chi connectivity index (χ1v) is 5.05. The van der Waals surface area contributed by atoms with Crippen molar-refractivity contribution in [3.05, 3.63) is 29.6 Å². The zero-order valence-electron chi connectivity index (χ0n) is 6.88. The van der Waals surface area contributed by atoms with Crippen molar-refractivity contribution in [2.75, 3.05) is 6.61 Å². The molecule has 0 aromatic carbocycles. The smallest absolute Gasteiger partial charge is 0.143 e. The van der Waals surface area contributed by atoms with Crippen LogP contribution in [0.3, 0.4) is 0 Å². The maximum absolute atomic E-state index is 5.64. The van der Waals surface area contributed by atoms with Gasteiger partial charge in [-0.2, -0.15) is 0 Å². The lowest BCUT2D eigenvalue weighted by Gasteiger charge is -2.29. The minimum absolute atomic E-state index is 0.181. The lowest BCUT2D eigenvalue weighted by Crippen LogP contribution is -2.27. The summed E-state index contributed by atoms with van der Waals surface area (Å²) in [6.07, 6.45) is 2.78. The average molecular weight is 275 g/mol. The van der Waals surface area contributed by atoms with Crippen LogP contribution in [-0.4, -0.2) is 11.6 Å². The molecule has 1 aliphatic heterocycles. The second kappa shape index (κ2) is 2.96. The highest BCUT2D eigenvalue weighted by molar-refractivity contribution is 14.1. The Morgan fingerprint density at radius 3 is 3.25 bits per heavy atom. The van der Waals surface area contributed by atoms with E-state index in [1.54, 1.807) is 0 Å². The minimum atomic E-state index is -0.181. The largest absolute Gasteiger partial charge is 0.360 e. The van der Waals surface area contributed by atoms with Gasteiger partial charge >= 0.3 is 0 Å². The first-order chi connectivity index (χ1) is 5.70. The summed E-state index contributed by atoms with van der Waals surface area (Å²) in [6, 6.07) is 4.05. The van der Waals surface area contributed by atoms with Gasteiger partial charge in [-0.3, -0.25) is 4.98 Å². The van der Waals surface area contributed by atoms with Gasteiger partial charge in [-0.25, -0.2) is 0 Å². The Labute approximate surface area is 85.5 Å². The molecule has 0 spiro atoms. The van der Waals surface area contributed by atoms with Crippen LogP contribution in [0, 0.1) is 0 Å². The van der Waals surface area contributed by atoms with Crippen LogP contribution < -0.4 is 0 Å². The molecule has 0 saturated carbocycles. The summed E-state index contributed by atoms with van der Waals surface area (Å²) >= 11 is 2.32. The maximum atomic E-state index is 5.64. The highest BCUT2D eigenvalue weighted by Gasteiger charge is 2.30. The van der Waals surface area contributed by atoms with Crippen LogP contribution in [0.5, 0.6) is 0 Å². The molecule has 12 heavy (non-hydrogen) atoms. The molecule has 1 atom stereocenters. The fourth-order valence-corrected chi connectivity index (χ4v) is 2.17. The van der Waals surface area contributed by atoms with Crippen LogP contribution in [0.4, 0.5) is 0 Å². The van der Waals surface area contributed by atoms with E-state index >= 15 is 0 Å². The van der Waals surface area contributed by atoms with E-state index in [4.69, 9.17) is 4.74 Å². The normalized spacial score (nSPS) is 28.2. The zero-order valence-corrected chi connectivity index (χ0v) is 9.04. The van der Waals surface area contributed by atoms with E-state index in [0.29, 0.717) is 0 Å². The summed E-state index contributed by atoms with van der Waals surface area (Å²) < 4.78 is 5.46. The number of ether oxygens (including phenoxy) is 1. The lowest BCUT2D eigenvalue weighted by molar-refractivity contribution is 0.0392. The fourth-order valence-electron chi connectivity index (χ4n) is 1.46. The minimum Gasteiger partial charge on any atom is -0.360 e. The summed E-state index contributed by atoms with van der Waals surface area (Å²) in [5.41, 5.74) is 2.40. The Morgan fingerprint density at radius 2 is 2.50 bits per heavy atom. The van der Waals surface area contributed by atoms with E-state index in [0.717, 1.165) is 13.0 Å². The molecule has 64 valence electrons. The van der Waals surface area contributed by atoms with Gasteiger partial charge in [-0.05, 0) is 35.6 Å². The first-order valence-electron chi connectivity index (χ1n) is 3.97. The Hall–Kier alpha value is -0.160. The van der Waals surface area contributed by atoms with Crippen LogP contribution in [0.1, 0.15) is 18.2 Å². The molecule has 0 N–H and O–H groups in total. The fraction of sp³-hybridized carbons (Fsp3) is 0.444. The number of nitrogens with zero attached hydrogens (tertiary/aromatic N) is 1. The average Bonchev–Trinajstić information content (AvgIpc) is 2.04. The molecule has 1 aliphatic rings. The molecule has 3 heteroatoms. The van der Waals surface area contributed by atoms with Gasteiger partial charge in [0.15, 0.2) is 0 Å². The Balaban J connectivity index is 2.52. The van der Waals surface area contributed by atoms with E-state index in [1.807, 2.05) is 12.3 Å². The van der Waals surface area contributed by atoms with Gasteiger partial charge in [-0.1, -0.05) is 6.07 Å². The van der Waals surface area contributed by atoms with Gasteiger partial charge in [0.1, 0.15) is 3.61 Å². The molecule has 0 aliphatic carbocycles. The standard InChI is InChI=1S/C9H10INO/c1-9(10)7-3-2-5-11-8(7)4-6-12-9/h2-3,5H,4,6H2,1H3. The van der Waals surface area contributed by atoms with Gasteiger partial charge in [-0.15, -0.1) is 0 Å². The second-order valence-corrected chi connectivity index (χ2v) is 5.07. The third-order valence-electron chi connectivity index (χ3n) is 2.08. The quantitative estimate of drug-likeness (QED) is 0.535. The van der Waals surface area contributed by atoms with E-state index in [1.165, 1.54) is 11.3 Å². The van der Waals surface area contributed by atoms with Gasteiger partial charge in [0.25, 0.3) is 0 Å². The maximum Gasteiger partial charge on any atom is 0.143 e. The Bertz CT molecular complexity index is 298. The Kier molecular flexibility index (Phi) is 2.08. The van der Waals surface area contributed by atoms with Crippen molar-refractivity contribution in [1.82, 2.24) is 4.98 Å². The number of pyridine rings is 1. The number of halogens is 1. The van der Waals surface area contributed by atoms with Crippen LogP contribution in [0.15, 0.2) is 18.3 Å². The number of fused-ring (bicyclic) bond motifs is 1. The van der Waals surface area contributed by atoms with Crippen LogP contribution in [0.25, 0.3) is 0 Å². The van der Waals surface area contributed by atoms with Crippen molar-refractivity contribution in [3.63, 3.8) is 0 Å². The molecule has 0 fully saturated rings. The van der Waals surface area contributed by atoms with E-state index in [-0.39, 0.29) is 3.61 Å². The van der Waals surface area contributed by atoms with Crippen molar-refractivity contribution in [3.8, 4) is 0 Å². The Morgan fingerprint density at radius 1 is 1.67 bits per heavy atom. The topological polar surface area (TPSA) is 22.1 Å². The number of alkyl halides is 1. The van der Waals surface area contributed by atoms with Crippen molar-refractivity contribution in [2.45, 2.75) is 17.0 Å². The number of aromatic nitrogens is 1. The molecular formula is C9H10INO. The molecule has 2 nitrogen and oxygen atoms in total. The predicted octanol–water partition coefficient (Wildman–Crippen LogP) is 2.26. The molecule has 1 unspecified atom stereocenters. The SMILES string of the molecule is CC1(I)OCCc2ncccc21. The van der Waals surface area contributed by atoms with Crippen molar-refractivity contribution >= 4 is 22.6 Å². The van der Waals surface area contributed by atoms with Gasteiger partial charge in [0, 0.05) is 23.9 Å². The molecule has 0 amide bonds.